The van der Waals surface area contributed by atoms with Crippen molar-refractivity contribution in [3.05, 3.63) is 58.3 Å². The average molecular weight is 354 g/mol. The lowest BCUT2D eigenvalue weighted by atomic mass is 10.2. The Hall–Kier alpha value is -1.95. The summed E-state index contributed by atoms with van der Waals surface area (Å²) < 4.78 is 2.17. The number of aldehydes is 2. The first-order valence-corrected chi connectivity index (χ1v) is 9.38. The van der Waals surface area contributed by atoms with E-state index in [-0.39, 0.29) is 0 Å². The molecule has 2 aromatic carbocycles. The van der Waals surface area contributed by atoms with Crippen molar-refractivity contribution >= 4 is 67.2 Å². The van der Waals surface area contributed by atoms with Crippen LogP contribution in [0.15, 0.2) is 58.3 Å². The van der Waals surface area contributed by atoms with Crippen LogP contribution in [0.2, 0.25) is 0 Å². The van der Waals surface area contributed by atoms with Crippen LogP contribution >= 0.6 is 34.4 Å². The van der Waals surface area contributed by atoms with E-state index >= 15 is 0 Å². The highest BCUT2D eigenvalue weighted by molar-refractivity contribution is 8.00. The first kappa shape index (κ1) is 14.6. The van der Waals surface area contributed by atoms with Crippen LogP contribution < -0.4 is 0 Å². The smallest absolute Gasteiger partial charge is 0.161 e. The van der Waals surface area contributed by atoms with Crippen molar-refractivity contribution in [2.45, 2.75) is 9.79 Å². The van der Waals surface area contributed by atoms with Crippen LogP contribution in [-0.4, -0.2) is 12.6 Å². The summed E-state index contributed by atoms with van der Waals surface area (Å²) in [5.41, 5.74) is 0. The second-order valence-electron chi connectivity index (χ2n) is 4.92. The molecule has 2 nitrogen and oxygen atoms in total. The predicted molar refractivity (Wildman–Crippen MR) is 98.5 cm³/mol. The molecule has 0 aliphatic rings. The van der Waals surface area contributed by atoms with E-state index in [9.17, 15) is 9.59 Å². The minimum atomic E-state index is 0.711. The third-order valence-corrected chi connectivity index (χ3v) is 7.31. The van der Waals surface area contributed by atoms with Gasteiger partial charge in [0.1, 0.15) is 0 Å². The van der Waals surface area contributed by atoms with Gasteiger partial charge < -0.3 is 0 Å². The molecule has 0 aliphatic carbocycles. The Morgan fingerprint density at radius 1 is 0.696 bits per heavy atom. The third-order valence-electron chi connectivity index (χ3n) is 3.57. The van der Waals surface area contributed by atoms with E-state index in [0.717, 1.165) is 42.5 Å². The van der Waals surface area contributed by atoms with E-state index in [0.29, 0.717) is 9.75 Å². The molecule has 0 unspecified atom stereocenters. The summed E-state index contributed by atoms with van der Waals surface area (Å²) in [5.74, 6) is 0. The maximum atomic E-state index is 11.5. The average Bonchev–Trinajstić information content (AvgIpc) is 3.14. The molecule has 0 aliphatic heterocycles. The molecule has 0 amide bonds. The van der Waals surface area contributed by atoms with Gasteiger partial charge in [-0.1, -0.05) is 48.2 Å². The molecule has 2 aromatic heterocycles. The van der Waals surface area contributed by atoms with E-state index in [2.05, 4.69) is 0 Å². The molecule has 0 spiro atoms. The van der Waals surface area contributed by atoms with Crippen molar-refractivity contribution in [3.8, 4) is 0 Å². The SMILES string of the molecule is O=Cc1sc2ccccc2c1Sc1c(C=O)sc2ccccc12. The topological polar surface area (TPSA) is 34.1 Å². The molecule has 2 heterocycles. The summed E-state index contributed by atoms with van der Waals surface area (Å²) in [5, 5.41) is 2.13. The first-order valence-electron chi connectivity index (χ1n) is 6.93. The molecular weight excluding hydrogens is 344 g/mol. The maximum Gasteiger partial charge on any atom is 0.161 e. The van der Waals surface area contributed by atoms with Gasteiger partial charge in [0, 0.05) is 30.0 Å². The summed E-state index contributed by atoms with van der Waals surface area (Å²) in [6, 6.07) is 16.0. The summed E-state index contributed by atoms with van der Waals surface area (Å²) in [6.45, 7) is 0. The van der Waals surface area contributed by atoms with Gasteiger partial charge in [-0.15, -0.1) is 22.7 Å². The van der Waals surface area contributed by atoms with E-state index in [1.165, 1.54) is 34.4 Å². The fraction of sp³-hybridized carbons (Fsp3) is 0. The summed E-state index contributed by atoms with van der Waals surface area (Å²) in [7, 11) is 0. The summed E-state index contributed by atoms with van der Waals surface area (Å²) >= 11 is 4.50. The Bertz CT molecular complexity index is 959. The van der Waals surface area contributed by atoms with Crippen molar-refractivity contribution in [1.29, 1.82) is 0 Å². The fourth-order valence-corrected chi connectivity index (χ4v) is 6.08. The zero-order valence-corrected chi connectivity index (χ0v) is 14.3. The molecule has 23 heavy (non-hydrogen) atoms. The number of thiophene rings is 2. The van der Waals surface area contributed by atoms with Gasteiger partial charge >= 0.3 is 0 Å². The van der Waals surface area contributed by atoms with Gasteiger partial charge in [-0.25, -0.2) is 0 Å². The van der Waals surface area contributed by atoms with Crippen LogP contribution in [-0.2, 0) is 0 Å². The van der Waals surface area contributed by atoms with Crippen molar-refractivity contribution in [3.63, 3.8) is 0 Å². The Morgan fingerprint density at radius 2 is 1.13 bits per heavy atom. The van der Waals surface area contributed by atoms with Crippen LogP contribution in [0.4, 0.5) is 0 Å². The van der Waals surface area contributed by atoms with Gasteiger partial charge in [-0.2, -0.15) is 0 Å². The van der Waals surface area contributed by atoms with Gasteiger partial charge in [-0.3, -0.25) is 9.59 Å². The van der Waals surface area contributed by atoms with Crippen LogP contribution in [0.25, 0.3) is 20.2 Å². The van der Waals surface area contributed by atoms with Gasteiger partial charge in [0.25, 0.3) is 0 Å². The highest BCUT2D eigenvalue weighted by Crippen LogP contribution is 2.46. The molecule has 0 radical (unpaired) electrons. The lowest BCUT2D eigenvalue weighted by Crippen LogP contribution is -1.81. The maximum absolute atomic E-state index is 11.5. The zero-order valence-electron chi connectivity index (χ0n) is 11.8. The monoisotopic (exact) mass is 354 g/mol. The summed E-state index contributed by atoms with van der Waals surface area (Å²) in [6.07, 6.45) is 1.81. The number of hydrogen-bond donors (Lipinski definition) is 0. The number of hydrogen-bond acceptors (Lipinski definition) is 5. The molecule has 5 heteroatoms. The minimum Gasteiger partial charge on any atom is -0.297 e. The predicted octanol–water partition coefficient (Wildman–Crippen LogP) is 5.89. The lowest BCUT2D eigenvalue weighted by Gasteiger charge is -2.02. The van der Waals surface area contributed by atoms with Gasteiger partial charge in [0.05, 0.1) is 9.75 Å². The van der Waals surface area contributed by atoms with Crippen molar-refractivity contribution in [2.24, 2.45) is 0 Å². The Balaban J connectivity index is 1.95. The number of benzene rings is 2. The van der Waals surface area contributed by atoms with Crippen LogP contribution in [0, 0.1) is 0 Å². The number of carbonyl (C=O) groups is 2. The number of fused-ring (bicyclic) bond motifs is 2. The lowest BCUT2D eigenvalue weighted by molar-refractivity contribution is 0.111. The van der Waals surface area contributed by atoms with E-state index in [1.807, 2.05) is 48.5 Å². The third kappa shape index (κ3) is 2.41. The van der Waals surface area contributed by atoms with Crippen molar-refractivity contribution < 1.29 is 9.59 Å². The Kier molecular flexibility index (Phi) is 3.77. The minimum absolute atomic E-state index is 0.711. The highest BCUT2D eigenvalue weighted by Gasteiger charge is 2.18. The molecule has 0 saturated carbocycles. The summed E-state index contributed by atoms with van der Waals surface area (Å²) in [4.78, 5) is 26.2. The molecular formula is C18H10O2S3. The standard InChI is InChI=1S/C18H10O2S3/c19-9-15-17(11-5-1-3-7-13(11)21-15)23-18-12-6-2-4-8-14(12)22-16(18)10-20/h1-10H. The first-order chi connectivity index (χ1) is 11.3. The second-order valence-corrected chi connectivity index (χ2v) is 8.11. The van der Waals surface area contributed by atoms with Crippen LogP contribution in [0.5, 0.6) is 0 Å². The van der Waals surface area contributed by atoms with Gasteiger partial charge in [-0.05, 0) is 12.1 Å². The van der Waals surface area contributed by atoms with Crippen molar-refractivity contribution in [1.82, 2.24) is 0 Å². The molecule has 0 atom stereocenters. The van der Waals surface area contributed by atoms with E-state index < -0.39 is 0 Å². The van der Waals surface area contributed by atoms with E-state index in [1.54, 1.807) is 0 Å². The van der Waals surface area contributed by atoms with Crippen LogP contribution in [0.3, 0.4) is 0 Å². The van der Waals surface area contributed by atoms with Crippen LogP contribution in [0.1, 0.15) is 19.3 Å². The van der Waals surface area contributed by atoms with Gasteiger partial charge in [0.2, 0.25) is 0 Å². The number of rotatable bonds is 4. The number of carbonyl (C=O) groups excluding carboxylic acids is 2. The Morgan fingerprint density at radius 3 is 1.57 bits per heavy atom. The second kappa shape index (κ2) is 5.92. The Labute approximate surface area is 144 Å². The fourth-order valence-electron chi connectivity index (χ4n) is 2.55. The molecule has 0 bridgehead atoms. The molecule has 0 N–H and O–H groups in total. The van der Waals surface area contributed by atoms with E-state index in [4.69, 9.17) is 0 Å². The molecule has 0 saturated heterocycles. The zero-order chi connectivity index (χ0) is 15.8. The highest BCUT2D eigenvalue weighted by atomic mass is 32.2. The quantitative estimate of drug-likeness (QED) is 0.428. The molecule has 112 valence electrons. The molecule has 4 rings (SSSR count). The largest absolute Gasteiger partial charge is 0.297 e. The van der Waals surface area contributed by atoms with Crippen molar-refractivity contribution in [2.75, 3.05) is 0 Å². The molecule has 0 fully saturated rings. The molecule has 4 aromatic rings. The van der Waals surface area contributed by atoms with Gasteiger partial charge in [0.15, 0.2) is 12.6 Å². The normalized spacial score (nSPS) is 11.1.